The fraction of sp³-hybridized carbons (Fsp3) is 0.929. The number of piperidine rings is 1. The summed E-state index contributed by atoms with van der Waals surface area (Å²) in [6, 6.07) is 0.528. The topological polar surface area (TPSA) is 40.5 Å². The van der Waals surface area contributed by atoms with Crippen LogP contribution in [0.4, 0.5) is 0 Å². The van der Waals surface area contributed by atoms with Gasteiger partial charge in [0.1, 0.15) is 0 Å². The molecule has 0 unspecified atom stereocenters. The van der Waals surface area contributed by atoms with E-state index < -0.39 is 5.97 Å². The van der Waals surface area contributed by atoms with Crippen LogP contribution in [0.3, 0.4) is 0 Å². The highest BCUT2D eigenvalue weighted by atomic mass is 16.4. The summed E-state index contributed by atoms with van der Waals surface area (Å²) in [6.45, 7) is 1.15. The van der Waals surface area contributed by atoms with Crippen LogP contribution in [-0.4, -0.2) is 35.6 Å². The molecule has 2 rings (SSSR count). The SMILES string of the molecule is CN1CCC[C@H](CC(=O)O)[C@H]1C1CCCCC1. The average Bonchev–Trinajstić information content (AvgIpc) is 2.29. The number of hydrogen-bond donors (Lipinski definition) is 1. The molecule has 0 aromatic heterocycles. The van der Waals surface area contributed by atoms with Crippen LogP contribution in [-0.2, 0) is 4.79 Å². The molecule has 0 spiro atoms. The van der Waals surface area contributed by atoms with Gasteiger partial charge in [0, 0.05) is 12.5 Å². The predicted octanol–water partition coefficient (Wildman–Crippen LogP) is 2.75. The second-order valence-electron chi connectivity index (χ2n) is 5.87. The molecule has 3 heteroatoms. The van der Waals surface area contributed by atoms with Crippen LogP contribution < -0.4 is 0 Å². The van der Waals surface area contributed by atoms with E-state index in [-0.39, 0.29) is 0 Å². The molecule has 1 aliphatic heterocycles. The van der Waals surface area contributed by atoms with E-state index in [0.717, 1.165) is 25.3 Å². The Morgan fingerprint density at radius 2 is 1.88 bits per heavy atom. The summed E-state index contributed by atoms with van der Waals surface area (Å²) in [7, 11) is 2.19. The van der Waals surface area contributed by atoms with Gasteiger partial charge in [-0.3, -0.25) is 4.79 Å². The molecule has 2 aliphatic rings. The van der Waals surface area contributed by atoms with E-state index in [4.69, 9.17) is 5.11 Å². The minimum absolute atomic E-state index is 0.367. The number of carboxylic acid groups (broad SMARTS) is 1. The van der Waals surface area contributed by atoms with Gasteiger partial charge in [-0.15, -0.1) is 0 Å². The summed E-state index contributed by atoms with van der Waals surface area (Å²) >= 11 is 0. The zero-order chi connectivity index (χ0) is 12.3. The van der Waals surface area contributed by atoms with Crippen molar-refractivity contribution in [1.29, 1.82) is 0 Å². The minimum atomic E-state index is -0.619. The van der Waals surface area contributed by atoms with E-state index in [1.807, 2.05) is 0 Å². The van der Waals surface area contributed by atoms with Gasteiger partial charge in [0.2, 0.25) is 0 Å². The Hall–Kier alpha value is -0.570. The van der Waals surface area contributed by atoms with Crippen molar-refractivity contribution in [3.05, 3.63) is 0 Å². The van der Waals surface area contributed by atoms with E-state index in [0.29, 0.717) is 18.4 Å². The molecule has 2 fully saturated rings. The van der Waals surface area contributed by atoms with E-state index in [1.54, 1.807) is 0 Å². The molecule has 0 aromatic carbocycles. The molecular formula is C14H25NO2. The standard InChI is InChI=1S/C14H25NO2/c1-15-9-5-8-12(10-13(16)17)14(15)11-6-3-2-4-7-11/h11-12,14H,2-10H2,1H3,(H,16,17)/t12-,14-/m1/s1. The molecule has 17 heavy (non-hydrogen) atoms. The smallest absolute Gasteiger partial charge is 0.303 e. The highest BCUT2D eigenvalue weighted by molar-refractivity contribution is 5.67. The number of aliphatic carboxylic acids is 1. The lowest BCUT2D eigenvalue weighted by Gasteiger charge is -2.44. The molecule has 0 radical (unpaired) electrons. The summed E-state index contributed by atoms with van der Waals surface area (Å²) in [5.41, 5.74) is 0. The molecule has 0 aromatic rings. The fourth-order valence-electron chi connectivity index (χ4n) is 3.95. The summed E-state index contributed by atoms with van der Waals surface area (Å²) in [5.74, 6) is 0.513. The van der Waals surface area contributed by atoms with Crippen molar-refractivity contribution in [3.63, 3.8) is 0 Å². The number of carboxylic acids is 1. The van der Waals surface area contributed by atoms with Gasteiger partial charge in [0.25, 0.3) is 0 Å². The molecule has 1 saturated heterocycles. The molecule has 0 bridgehead atoms. The van der Waals surface area contributed by atoms with Gasteiger partial charge in [-0.2, -0.15) is 0 Å². The van der Waals surface area contributed by atoms with E-state index in [9.17, 15) is 4.79 Å². The Morgan fingerprint density at radius 1 is 1.18 bits per heavy atom. The highest BCUT2D eigenvalue weighted by Gasteiger charge is 2.36. The Balaban J connectivity index is 2.03. The van der Waals surface area contributed by atoms with Crippen LogP contribution in [0.2, 0.25) is 0 Å². The van der Waals surface area contributed by atoms with Crippen molar-refractivity contribution in [2.24, 2.45) is 11.8 Å². The van der Waals surface area contributed by atoms with Gasteiger partial charge in [0.15, 0.2) is 0 Å². The molecule has 98 valence electrons. The molecule has 1 N–H and O–H groups in total. The summed E-state index contributed by atoms with van der Waals surface area (Å²) in [4.78, 5) is 13.4. The van der Waals surface area contributed by atoms with Crippen LogP contribution in [0.5, 0.6) is 0 Å². The van der Waals surface area contributed by atoms with Crippen molar-refractivity contribution in [1.82, 2.24) is 4.90 Å². The van der Waals surface area contributed by atoms with Gasteiger partial charge in [-0.05, 0) is 51.1 Å². The fourth-order valence-corrected chi connectivity index (χ4v) is 3.95. The largest absolute Gasteiger partial charge is 0.481 e. The Bertz CT molecular complexity index is 261. The summed E-state index contributed by atoms with van der Waals surface area (Å²) in [6.07, 6.45) is 9.32. The highest BCUT2D eigenvalue weighted by Crippen LogP contribution is 2.37. The van der Waals surface area contributed by atoms with E-state index in [1.165, 1.54) is 32.1 Å². The van der Waals surface area contributed by atoms with Gasteiger partial charge >= 0.3 is 5.97 Å². The predicted molar refractivity (Wildman–Crippen MR) is 68.0 cm³/mol. The lowest BCUT2D eigenvalue weighted by atomic mass is 9.74. The summed E-state index contributed by atoms with van der Waals surface area (Å²) < 4.78 is 0. The third kappa shape index (κ3) is 3.21. The Morgan fingerprint density at radius 3 is 2.53 bits per heavy atom. The van der Waals surface area contributed by atoms with Crippen LogP contribution in [0, 0.1) is 11.8 Å². The van der Waals surface area contributed by atoms with Crippen LogP contribution >= 0.6 is 0 Å². The Kier molecular flexibility index (Phi) is 4.43. The normalized spacial score (nSPS) is 32.5. The number of hydrogen-bond acceptors (Lipinski definition) is 2. The molecule has 2 atom stereocenters. The van der Waals surface area contributed by atoms with Gasteiger partial charge in [0.05, 0.1) is 0 Å². The van der Waals surface area contributed by atoms with Crippen LogP contribution in [0.15, 0.2) is 0 Å². The quantitative estimate of drug-likeness (QED) is 0.823. The lowest BCUT2D eigenvalue weighted by Crippen LogP contribution is -2.48. The first-order valence-electron chi connectivity index (χ1n) is 7.10. The first kappa shape index (κ1) is 12.9. The molecule has 1 heterocycles. The van der Waals surface area contributed by atoms with Crippen molar-refractivity contribution >= 4 is 5.97 Å². The van der Waals surface area contributed by atoms with Crippen molar-refractivity contribution in [2.45, 2.75) is 57.4 Å². The number of carbonyl (C=O) groups is 1. The third-order valence-electron chi connectivity index (χ3n) is 4.65. The molecule has 0 amide bonds. The monoisotopic (exact) mass is 239 g/mol. The van der Waals surface area contributed by atoms with Gasteiger partial charge < -0.3 is 10.0 Å². The van der Waals surface area contributed by atoms with E-state index >= 15 is 0 Å². The summed E-state index contributed by atoms with van der Waals surface area (Å²) in [5, 5.41) is 9.05. The zero-order valence-corrected chi connectivity index (χ0v) is 10.9. The number of rotatable bonds is 3. The van der Waals surface area contributed by atoms with Crippen LogP contribution in [0.1, 0.15) is 51.4 Å². The Labute approximate surface area is 104 Å². The maximum absolute atomic E-state index is 11.0. The maximum atomic E-state index is 11.0. The van der Waals surface area contributed by atoms with Gasteiger partial charge in [-0.1, -0.05) is 19.3 Å². The second-order valence-corrected chi connectivity index (χ2v) is 5.87. The molecule has 1 aliphatic carbocycles. The average molecular weight is 239 g/mol. The lowest BCUT2D eigenvalue weighted by molar-refractivity contribution is -0.139. The maximum Gasteiger partial charge on any atom is 0.303 e. The molecule has 1 saturated carbocycles. The van der Waals surface area contributed by atoms with Gasteiger partial charge in [-0.25, -0.2) is 0 Å². The van der Waals surface area contributed by atoms with Crippen molar-refractivity contribution in [2.75, 3.05) is 13.6 Å². The third-order valence-corrected chi connectivity index (χ3v) is 4.65. The second kappa shape index (κ2) is 5.85. The van der Waals surface area contributed by atoms with E-state index in [2.05, 4.69) is 11.9 Å². The first-order chi connectivity index (χ1) is 8.18. The minimum Gasteiger partial charge on any atom is -0.481 e. The number of likely N-dealkylation sites (tertiary alicyclic amines) is 1. The molecule has 3 nitrogen and oxygen atoms in total. The number of nitrogens with zero attached hydrogens (tertiary/aromatic N) is 1. The molecular weight excluding hydrogens is 214 g/mol. The van der Waals surface area contributed by atoms with Crippen LogP contribution in [0.25, 0.3) is 0 Å². The first-order valence-corrected chi connectivity index (χ1v) is 7.10. The zero-order valence-electron chi connectivity index (χ0n) is 10.9. The van der Waals surface area contributed by atoms with Crippen molar-refractivity contribution in [3.8, 4) is 0 Å². The van der Waals surface area contributed by atoms with Crippen molar-refractivity contribution < 1.29 is 9.90 Å².